The number of nitrogens with one attached hydrogen (secondary N) is 2. The molecule has 1 saturated heterocycles. The lowest BCUT2D eigenvalue weighted by Crippen LogP contribution is -2.57. The Balaban J connectivity index is 1.87. The summed E-state index contributed by atoms with van der Waals surface area (Å²) in [7, 11) is 0. The van der Waals surface area contributed by atoms with Crippen molar-refractivity contribution in [2.45, 2.75) is 43.9 Å². The summed E-state index contributed by atoms with van der Waals surface area (Å²) in [4.78, 5) is 0. The normalized spacial score (nSPS) is 47.8. The van der Waals surface area contributed by atoms with Crippen LogP contribution in [0.5, 0.6) is 0 Å². The highest BCUT2D eigenvalue weighted by Crippen LogP contribution is 2.32. The third-order valence-corrected chi connectivity index (χ3v) is 3.83. The van der Waals surface area contributed by atoms with Gasteiger partial charge in [-0.25, -0.2) is 4.39 Å². The monoisotopic (exact) mass is 234 g/mol. The highest BCUT2D eigenvalue weighted by atomic mass is 35.5. The first-order valence-electron chi connectivity index (χ1n) is 5.90. The summed E-state index contributed by atoms with van der Waals surface area (Å²) < 4.78 is 13.4. The van der Waals surface area contributed by atoms with Gasteiger partial charge in [0.2, 0.25) is 0 Å². The van der Waals surface area contributed by atoms with Crippen LogP contribution < -0.4 is 10.6 Å². The van der Waals surface area contributed by atoms with Gasteiger partial charge in [0.05, 0.1) is 6.17 Å². The van der Waals surface area contributed by atoms with Gasteiger partial charge >= 0.3 is 0 Å². The molecule has 3 unspecified atom stereocenters. The summed E-state index contributed by atoms with van der Waals surface area (Å²) in [6.07, 6.45) is 1.67. The maximum Gasteiger partial charge on any atom is 0.102 e. The molecule has 2 N–H and O–H groups in total. The molecule has 4 heteroatoms. The van der Waals surface area contributed by atoms with Crippen molar-refractivity contribution in [2.24, 2.45) is 11.8 Å². The zero-order valence-electron chi connectivity index (χ0n) is 9.18. The molecular formula is C11H20ClFN2. The minimum atomic E-state index is -0.714. The van der Waals surface area contributed by atoms with Crippen LogP contribution in [-0.2, 0) is 0 Å². The lowest BCUT2D eigenvalue weighted by molar-refractivity contribution is 0.138. The lowest BCUT2D eigenvalue weighted by Gasteiger charge is -2.38. The van der Waals surface area contributed by atoms with E-state index in [0.29, 0.717) is 24.7 Å². The minimum absolute atomic E-state index is 0.0155. The molecule has 15 heavy (non-hydrogen) atoms. The second-order valence-electron chi connectivity index (χ2n) is 5.06. The highest BCUT2D eigenvalue weighted by molar-refractivity contribution is 6.20. The van der Waals surface area contributed by atoms with Gasteiger partial charge in [-0.1, -0.05) is 6.92 Å². The van der Waals surface area contributed by atoms with E-state index in [1.165, 1.54) is 0 Å². The average Bonchev–Trinajstić information content (AvgIpc) is 2.17. The van der Waals surface area contributed by atoms with Gasteiger partial charge in [-0.3, -0.25) is 0 Å². The maximum absolute atomic E-state index is 13.4. The standard InChI is InChI=1S/C11H20ClFN2/c1-7-5-14-11(15-6-7)8-2-9(12)4-10(13)3-8/h7-11,14-15H,2-6H2,1H3. The molecule has 88 valence electrons. The molecule has 0 aromatic heterocycles. The Kier molecular flexibility index (Phi) is 3.86. The van der Waals surface area contributed by atoms with Crippen LogP contribution in [0.25, 0.3) is 0 Å². The highest BCUT2D eigenvalue weighted by Gasteiger charge is 2.33. The second kappa shape index (κ2) is 4.98. The van der Waals surface area contributed by atoms with Crippen LogP contribution in [0.2, 0.25) is 0 Å². The summed E-state index contributed by atoms with van der Waals surface area (Å²) >= 11 is 6.06. The van der Waals surface area contributed by atoms with Crippen LogP contribution in [-0.4, -0.2) is 30.8 Å². The van der Waals surface area contributed by atoms with Gasteiger partial charge in [0.1, 0.15) is 6.17 Å². The Bertz CT molecular complexity index is 197. The molecule has 0 amide bonds. The maximum atomic E-state index is 13.4. The fourth-order valence-corrected chi connectivity index (χ4v) is 3.05. The number of halogens is 2. The van der Waals surface area contributed by atoms with E-state index < -0.39 is 6.17 Å². The van der Waals surface area contributed by atoms with Gasteiger partial charge in [0, 0.05) is 18.5 Å². The largest absolute Gasteiger partial charge is 0.301 e. The van der Waals surface area contributed by atoms with Crippen LogP contribution in [0.3, 0.4) is 0 Å². The van der Waals surface area contributed by atoms with Crippen LogP contribution in [0, 0.1) is 11.8 Å². The van der Waals surface area contributed by atoms with Crippen molar-refractivity contribution in [3.8, 4) is 0 Å². The Morgan fingerprint density at radius 3 is 2.40 bits per heavy atom. The van der Waals surface area contributed by atoms with Gasteiger partial charge in [-0.05, 0) is 31.1 Å². The van der Waals surface area contributed by atoms with Gasteiger partial charge in [-0.2, -0.15) is 0 Å². The average molecular weight is 235 g/mol. The van der Waals surface area contributed by atoms with Crippen molar-refractivity contribution in [1.82, 2.24) is 10.6 Å². The Morgan fingerprint density at radius 1 is 1.13 bits per heavy atom. The van der Waals surface area contributed by atoms with Crippen molar-refractivity contribution >= 4 is 11.6 Å². The van der Waals surface area contributed by atoms with E-state index >= 15 is 0 Å². The Labute approximate surface area is 95.9 Å². The van der Waals surface area contributed by atoms with E-state index in [1.54, 1.807) is 0 Å². The molecule has 0 bridgehead atoms. The SMILES string of the molecule is CC1CNC(C2CC(F)CC(Cl)C2)NC1. The van der Waals surface area contributed by atoms with E-state index in [1.807, 2.05) is 0 Å². The van der Waals surface area contributed by atoms with Crippen LogP contribution >= 0.6 is 11.6 Å². The van der Waals surface area contributed by atoms with Crippen molar-refractivity contribution in [3.05, 3.63) is 0 Å². The summed E-state index contributed by atoms with van der Waals surface area (Å²) in [6, 6.07) is 0. The molecule has 2 nitrogen and oxygen atoms in total. The molecule has 1 saturated carbocycles. The smallest absolute Gasteiger partial charge is 0.102 e. The van der Waals surface area contributed by atoms with Crippen LogP contribution in [0.4, 0.5) is 4.39 Å². The van der Waals surface area contributed by atoms with Crippen LogP contribution in [0.1, 0.15) is 26.2 Å². The van der Waals surface area contributed by atoms with Crippen molar-refractivity contribution in [3.63, 3.8) is 0 Å². The number of rotatable bonds is 1. The topological polar surface area (TPSA) is 24.1 Å². The fraction of sp³-hybridized carbons (Fsp3) is 1.00. The molecule has 1 aliphatic carbocycles. The summed E-state index contributed by atoms with van der Waals surface area (Å²) in [6.45, 7) is 4.26. The Morgan fingerprint density at radius 2 is 1.80 bits per heavy atom. The van der Waals surface area contributed by atoms with E-state index in [4.69, 9.17) is 11.6 Å². The Hall–Kier alpha value is 0.140. The molecule has 1 heterocycles. The number of alkyl halides is 2. The fourth-order valence-electron chi connectivity index (χ4n) is 2.63. The van der Waals surface area contributed by atoms with E-state index in [9.17, 15) is 4.39 Å². The second-order valence-corrected chi connectivity index (χ2v) is 5.68. The molecule has 0 aromatic carbocycles. The first-order chi connectivity index (χ1) is 7.15. The van der Waals surface area contributed by atoms with Gasteiger partial charge in [-0.15, -0.1) is 11.6 Å². The zero-order chi connectivity index (χ0) is 10.8. The van der Waals surface area contributed by atoms with E-state index in [2.05, 4.69) is 17.6 Å². The van der Waals surface area contributed by atoms with Gasteiger partial charge < -0.3 is 10.6 Å². The number of hydrogen-bond acceptors (Lipinski definition) is 2. The molecule has 2 fully saturated rings. The van der Waals surface area contributed by atoms with Crippen LogP contribution in [0.15, 0.2) is 0 Å². The molecule has 0 radical (unpaired) electrons. The third kappa shape index (κ3) is 3.05. The first-order valence-corrected chi connectivity index (χ1v) is 6.33. The van der Waals surface area contributed by atoms with Crippen molar-refractivity contribution in [2.75, 3.05) is 13.1 Å². The molecular weight excluding hydrogens is 215 g/mol. The zero-order valence-corrected chi connectivity index (χ0v) is 9.93. The van der Waals surface area contributed by atoms with Crippen molar-refractivity contribution in [1.29, 1.82) is 0 Å². The molecule has 1 aliphatic heterocycles. The molecule has 2 aliphatic rings. The lowest BCUT2D eigenvalue weighted by atomic mass is 9.84. The molecule has 3 atom stereocenters. The molecule has 0 spiro atoms. The third-order valence-electron chi connectivity index (χ3n) is 3.47. The summed E-state index contributed by atoms with van der Waals surface area (Å²) in [5, 5.41) is 6.90. The predicted molar refractivity (Wildman–Crippen MR) is 60.8 cm³/mol. The van der Waals surface area contributed by atoms with Crippen molar-refractivity contribution < 1.29 is 4.39 Å². The molecule has 0 aromatic rings. The quantitative estimate of drug-likeness (QED) is 0.678. The van der Waals surface area contributed by atoms with Gasteiger partial charge in [0.25, 0.3) is 0 Å². The summed E-state index contributed by atoms with van der Waals surface area (Å²) in [5.74, 6) is 1.02. The minimum Gasteiger partial charge on any atom is -0.301 e. The first kappa shape index (κ1) is 11.6. The van der Waals surface area contributed by atoms with Gasteiger partial charge in [0.15, 0.2) is 0 Å². The molecule has 2 rings (SSSR count). The number of hydrogen-bond donors (Lipinski definition) is 2. The van der Waals surface area contributed by atoms with E-state index in [0.717, 1.165) is 19.5 Å². The summed E-state index contributed by atoms with van der Waals surface area (Å²) in [5.41, 5.74) is 0. The van der Waals surface area contributed by atoms with E-state index in [-0.39, 0.29) is 11.5 Å². The predicted octanol–water partition coefficient (Wildman–Crippen LogP) is 1.89.